The van der Waals surface area contributed by atoms with Crippen LogP contribution in [0.2, 0.25) is 0 Å². The van der Waals surface area contributed by atoms with Gasteiger partial charge in [0, 0.05) is 47.7 Å². The Labute approximate surface area is 202 Å². The van der Waals surface area contributed by atoms with Crippen molar-refractivity contribution in [2.45, 2.75) is 5.75 Å². The Morgan fingerprint density at radius 1 is 0.829 bits per heavy atom. The quantitative estimate of drug-likeness (QED) is 0.338. The highest BCUT2D eigenvalue weighted by Crippen LogP contribution is 2.30. The summed E-state index contributed by atoms with van der Waals surface area (Å²) in [6, 6.07) is 18.8. The number of ether oxygens (including phenoxy) is 1. The average Bonchev–Trinajstić information content (AvgIpc) is 2.85. The number of benzene rings is 2. The van der Waals surface area contributed by atoms with Gasteiger partial charge in [-0.2, -0.15) is 0 Å². The molecule has 1 N–H and O–H groups in total. The highest BCUT2D eigenvalue weighted by Gasteiger charge is 2.10. The van der Waals surface area contributed by atoms with Gasteiger partial charge in [-0.25, -0.2) is 18.4 Å². The monoisotopic (exact) mass is 483 g/mol. The number of sulfone groups is 1. The van der Waals surface area contributed by atoms with Crippen molar-refractivity contribution in [2.24, 2.45) is 0 Å². The van der Waals surface area contributed by atoms with Crippen LogP contribution in [0.3, 0.4) is 0 Å². The Morgan fingerprint density at radius 2 is 1.60 bits per heavy atom. The molecule has 0 saturated heterocycles. The molecule has 0 saturated carbocycles. The first-order valence-corrected chi connectivity index (χ1v) is 12.8. The van der Waals surface area contributed by atoms with Crippen LogP contribution in [0, 0.1) is 0 Å². The molecule has 174 valence electrons. The maximum Gasteiger partial charge on any atom is 0.151 e. The zero-order chi connectivity index (χ0) is 24.3. The second-order valence-corrected chi connectivity index (χ2v) is 10.2. The highest BCUT2D eigenvalue weighted by molar-refractivity contribution is 7.89. The average molecular weight is 484 g/mol. The standard InChI is InChI=1S/C26H21N5O3S/c1-35(32,33)16-18-12-20(15-28-14-18)19-2-7-25-24(13-19)26(30-17-29-25)31-21-3-5-22(6-4-21)34-23-8-10-27-11-9-23/h2-15,17H,16H2,1H3,(H,29,30,31). The van der Waals surface area contributed by atoms with Gasteiger partial charge < -0.3 is 10.1 Å². The molecule has 0 aliphatic heterocycles. The van der Waals surface area contributed by atoms with Gasteiger partial charge in [0.1, 0.15) is 23.6 Å². The van der Waals surface area contributed by atoms with Crippen LogP contribution in [0.25, 0.3) is 22.0 Å². The first-order chi connectivity index (χ1) is 16.9. The molecule has 0 atom stereocenters. The van der Waals surface area contributed by atoms with E-state index in [1.54, 1.807) is 36.9 Å². The number of hydrogen-bond acceptors (Lipinski definition) is 8. The lowest BCUT2D eigenvalue weighted by molar-refractivity contribution is 0.482. The number of pyridine rings is 2. The number of nitrogens with one attached hydrogen (secondary N) is 1. The maximum atomic E-state index is 11.7. The van der Waals surface area contributed by atoms with Crippen LogP contribution in [0.1, 0.15) is 5.56 Å². The van der Waals surface area contributed by atoms with E-state index in [0.29, 0.717) is 22.9 Å². The van der Waals surface area contributed by atoms with Gasteiger partial charge in [0.25, 0.3) is 0 Å². The first-order valence-electron chi connectivity index (χ1n) is 10.7. The van der Waals surface area contributed by atoms with E-state index in [1.165, 1.54) is 12.6 Å². The minimum absolute atomic E-state index is 0.0573. The van der Waals surface area contributed by atoms with Crippen molar-refractivity contribution < 1.29 is 13.2 Å². The maximum absolute atomic E-state index is 11.7. The van der Waals surface area contributed by atoms with E-state index >= 15 is 0 Å². The van der Waals surface area contributed by atoms with Gasteiger partial charge in [0.15, 0.2) is 9.84 Å². The third-order valence-corrected chi connectivity index (χ3v) is 6.05. The second kappa shape index (κ2) is 9.47. The van der Waals surface area contributed by atoms with E-state index < -0.39 is 9.84 Å². The van der Waals surface area contributed by atoms with Gasteiger partial charge in [0.05, 0.1) is 11.3 Å². The second-order valence-electron chi connectivity index (χ2n) is 8.04. The number of fused-ring (bicyclic) bond motifs is 1. The van der Waals surface area contributed by atoms with E-state index in [2.05, 4.69) is 25.3 Å². The largest absolute Gasteiger partial charge is 0.457 e. The van der Waals surface area contributed by atoms with Crippen molar-refractivity contribution in [1.82, 2.24) is 19.9 Å². The molecule has 5 rings (SSSR count). The first kappa shape index (κ1) is 22.4. The van der Waals surface area contributed by atoms with Crippen LogP contribution in [-0.4, -0.2) is 34.6 Å². The fourth-order valence-corrected chi connectivity index (χ4v) is 4.41. The lowest BCUT2D eigenvalue weighted by Crippen LogP contribution is -2.01. The minimum atomic E-state index is -3.15. The zero-order valence-corrected chi connectivity index (χ0v) is 19.6. The molecule has 0 fully saturated rings. The van der Waals surface area contributed by atoms with Crippen LogP contribution >= 0.6 is 0 Å². The molecule has 0 radical (unpaired) electrons. The molecule has 9 heteroatoms. The van der Waals surface area contributed by atoms with Gasteiger partial charge >= 0.3 is 0 Å². The molecule has 3 heterocycles. The van der Waals surface area contributed by atoms with Gasteiger partial charge in [-0.15, -0.1) is 0 Å². The van der Waals surface area contributed by atoms with Crippen molar-refractivity contribution in [2.75, 3.05) is 11.6 Å². The summed E-state index contributed by atoms with van der Waals surface area (Å²) < 4.78 is 29.2. The fraction of sp³-hybridized carbons (Fsp3) is 0.0769. The Hall–Kier alpha value is -4.37. The van der Waals surface area contributed by atoms with Crippen LogP contribution < -0.4 is 10.1 Å². The molecule has 2 aromatic carbocycles. The van der Waals surface area contributed by atoms with Crippen LogP contribution in [-0.2, 0) is 15.6 Å². The molecule has 3 aromatic heterocycles. The summed E-state index contributed by atoms with van der Waals surface area (Å²) in [4.78, 5) is 17.0. The van der Waals surface area contributed by atoms with Gasteiger partial charge in [-0.05, 0) is 65.7 Å². The van der Waals surface area contributed by atoms with E-state index in [1.807, 2.05) is 48.5 Å². The van der Waals surface area contributed by atoms with Gasteiger partial charge in [-0.1, -0.05) is 6.07 Å². The van der Waals surface area contributed by atoms with Crippen molar-refractivity contribution in [3.8, 4) is 22.6 Å². The third-order valence-electron chi connectivity index (χ3n) is 5.19. The Bertz CT molecular complexity index is 1590. The molecule has 5 aromatic rings. The number of hydrogen-bond donors (Lipinski definition) is 1. The Kier molecular flexibility index (Phi) is 6.07. The normalized spacial score (nSPS) is 11.3. The lowest BCUT2D eigenvalue weighted by atomic mass is 10.0. The molecular weight excluding hydrogens is 462 g/mol. The molecule has 0 aliphatic carbocycles. The Morgan fingerprint density at radius 3 is 2.37 bits per heavy atom. The van der Waals surface area contributed by atoms with E-state index in [9.17, 15) is 8.42 Å². The van der Waals surface area contributed by atoms with Gasteiger partial charge in [-0.3, -0.25) is 9.97 Å². The number of nitrogens with zero attached hydrogens (tertiary/aromatic N) is 4. The van der Waals surface area contributed by atoms with Crippen LogP contribution in [0.4, 0.5) is 11.5 Å². The summed E-state index contributed by atoms with van der Waals surface area (Å²) >= 11 is 0. The number of rotatable bonds is 7. The molecule has 0 amide bonds. The van der Waals surface area contributed by atoms with Crippen LogP contribution in [0.15, 0.2) is 91.8 Å². The van der Waals surface area contributed by atoms with Crippen molar-refractivity contribution in [1.29, 1.82) is 0 Å². The summed E-state index contributed by atoms with van der Waals surface area (Å²) in [6.07, 6.45) is 9.37. The third kappa shape index (κ3) is 5.59. The SMILES string of the molecule is CS(=O)(=O)Cc1cncc(-c2ccc3ncnc(Nc4ccc(Oc5ccncc5)cc4)c3c2)c1. The molecule has 0 aliphatic rings. The van der Waals surface area contributed by atoms with E-state index in [-0.39, 0.29) is 5.75 Å². The number of aromatic nitrogens is 4. The fourth-order valence-electron chi connectivity index (χ4n) is 3.65. The summed E-state index contributed by atoms with van der Waals surface area (Å²) in [5.41, 5.74) is 3.97. The summed E-state index contributed by atoms with van der Waals surface area (Å²) in [5.74, 6) is 2.01. The lowest BCUT2D eigenvalue weighted by Gasteiger charge is -2.11. The van der Waals surface area contributed by atoms with Gasteiger partial charge in [0.2, 0.25) is 0 Å². The molecule has 35 heavy (non-hydrogen) atoms. The van der Waals surface area contributed by atoms with Crippen LogP contribution in [0.5, 0.6) is 11.5 Å². The molecular formula is C26H21N5O3S. The van der Waals surface area contributed by atoms with Crippen molar-refractivity contribution in [3.05, 3.63) is 97.3 Å². The molecule has 0 unspecified atom stereocenters. The Balaban J connectivity index is 1.41. The smallest absolute Gasteiger partial charge is 0.151 e. The number of anilines is 2. The topological polar surface area (TPSA) is 107 Å². The summed E-state index contributed by atoms with van der Waals surface area (Å²) in [7, 11) is -3.15. The van der Waals surface area contributed by atoms with Crippen molar-refractivity contribution >= 4 is 32.2 Å². The highest BCUT2D eigenvalue weighted by atomic mass is 32.2. The van der Waals surface area contributed by atoms with E-state index in [4.69, 9.17) is 4.74 Å². The minimum Gasteiger partial charge on any atom is -0.457 e. The zero-order valence-electron chi connectivity index (χ0n) is 18.8. The predicted octanol–water partition coefficient (Wildman–Crippen LogP) is 5.17. The van der Waals surface area contributed by atoms with E-state index in [0.717, 1.165) is 27.7 Å². The molecule has 0 bridgehead atoms. The predicted molar refractivity (Wildman–Crippen MR) is 135 cm³/mol. The summed E-state index contributed by atoms with van der Waals surface area (Å²) in [5, 5.41) is 4.18. The van der Waals surface area contributed by atoms with Crippen molar-refractivity contribution in [3.63, 3.8) is 0 Å². The molecule has 8 nitrogen and oxygen atoms in total. The summed E-state index contributed by atoms with van der Waals surface area (Å²) in [6.45, 7) is 0. The molecule has 0 spiro atoms.